The lowest BCUT2D eigenvalue weighted by Gasteiger charge is -2.11. The molecule has 0 spiro atoms. The van der Waals surface area contributed by atoms with Crippen LogP contribution in [0.2, 0.25) is 0 Å². The molecule has 0 aliphatic heterocycles. The topological polar surface area (TPSA) is 67.4 Å². The Kier molecular flexibility index (Phi) is 6.43. The molecule has 0 fully saturated rings. The van der Waals surface area contributed by atoms with Crippen molar-refractivity contribution in [2.75, 3.05) is 17.7 Å². The zero-order valence-corrected chi connectivity index (χ0v) is 16.3. The van der Waals surface area contributed by atoms with Crippen molar-refractivity contribution in [2.24, 2.45) is 0 Å². The smallest absolute Gasteiger partial charge is 0.255 e. The second-order valence-corrected chi connectivity index (χ2v) is 6.41. The molecule has 0 unspecified atom stereocenters. The van der Waals surface area contributed by atoms with Gasteiger partial charge in [-0.25, -0.2) is 0 Å². The summed E-state index contributed by atoms with van der Waals surface area (Å²) < 4.78 is 5.27. The number of para-hydroxylation sites is 1. The zero-order chi connectivity index (χ0) is 20.6. The number of ether oxygens (including phenoxy) is 1. The molecule has 0 atom stereocenters. The van der Waals surface area contributed by atoms with Gasteiger partial charge in [0, 0.05) is 28.6 Å². The maximum absolute atomic E-state index is 12.3. The van der Waals surface area contributed by atoms with Crippen LogP contribution in [0.4, 0.5) is 11.4 Å². The molecule has 3 aromatic carbocycles. The molecule has 0 saturated carbocycles. The summed E-state index contributed by atoms with van der Waals surface area (Å²) in [5, 5.41) is 5.71. The van der Waals surface area contributed by atoms with Crippen LogP contribution < -0.4 is 15.4 Å². The van der Waals surface area contributed by atoms with Gasteiger partial charge in [-0.2, -0.15) is 0 Å². The molecule has 146 valence electrons. The summed E-state index contributed by atoms with van der Waals surface area (Å²) in [6.45, 7) is 1.88. The van der Waals surface area contributed by atoms with Crippen LogP contribution in [0, 0.1) is 6.92 Å². The number of amides is 2. The van der Waals surface area contributed by atoms with Crippen LogP contribution in [-0.4, -0.2) is 18.9 Å². The highest BCUT2D eigenvalue weighted by Crippen LogP contribution is 2.21. The molecule has 5 nitrogen and oxygen atoms in total. The van der Waals surface area contributed by atoms with Gasteiger partial charge < -0.3 is 15.4 Å². The molecule has 3 aromatic rings. The molecule has 0 bridgehead atoms. The monoisotopic (exact) mass is 386 g/mol. The van der Waals surface area contributed by atoms with Crippen LogP contribution in [0.1, 0.15) is 21.5 Å². The lowest BCUT2D eigenvalue weighted by atomic mass is 10.1. The van der Waals surface area contributed by atoms with E-state index >= 15 is 0 Å². The second kappa shape index (κ2) is 9.37. The highest BCUT2D eigenvalue weighted by atomic mass is 16.5. The van der Waals surface area contributed by atoms with E-state index in [0.29, 0.717) is 22.7 Å². The first-order valence-corrected chi connectivity index (χ1v) is 9.16. The Morgan fingerprint density at radius 2 is 1.62 bits per heavy atom. The Morgan fingerprint density at radius 1 is 0.897 bits per heavy atom. The fraction of sp³-hybridized carbons (Fsp3) is 0.0833. The first-order valence-electron chi connectivity index (χ1n) is 9.16. The number of hydrogen-bond donors (Lipinski definition) is 2. The van der Waals surface area contributed by atoms with Crippen molar-refractivity contribution in [1.29, 1.82) is 0 Å². The molecule has 3 rings (SSSR count). The van der Waals surface area contributed by atoms with Gasteiger partial charge in [0.25, 0.3) is 5.91 Å². The van der Waals surface area contributed by atoms with Crippen molar-refractivity contribution in [3.8, 4) is 5.75 Å². The van der Waals surface area contributed by atoms with Crippen molar-refractivity contribution in [1.82, 2.24) is 0 Å². The lowest BCUT2D eigenvalue weighted by molar-refractivity contribution is -0.111. The van der Waals surface area contributed by atoms with Crippen LogP contribution >= 0.6 is 0 Å². The summed E-state index contributed by atoms with van der Waals surface area (Å²) in [7, 11) is 1.59. The van der Waals surface area contributed by atoms with Gasteiger partial charge in [-0.1, -0.05) is 36.4 Å². The number of aryl methyl sites for hydroxylation is 1. The largest absolute Gasteiger partial charge is 0.496 e. The van der Waals surface area contributed by atoms with E-state index in [4.69, 9.17) is 4.74 Å². The molecule has 0 radical (unpaired) electrons. The molecule has 2 N–H and O–H groups in total. The fourth-order valence-electron chi connectivity index (χ4n) is 2.82. The number of methoxy groups -OCH3 is 1. The minimum atomic E-state index is -0.253. The first kappa shape index (κ1) is 19.9. The van der Waals surface area contributed by atoms with Gasteiger partial charge in [-0.15, -0.1) is 0 Å². The number of nitrogens with one attached hydrogen (secondary N) is 2. The van der Waals surface area contributed by atoms with E-state index in [1.54, 1.807) is 37.5 Å². The van der Waals surface area contributed by atoms with E-state index in [1.165, 1.54) is 6.08 Å². The van der Waals surface area contributed by atoms with Crippen molar-refractivity contribution in [3.63, 3.8) is 0 Å². The molecular weight excluding hydrogens is 364 g/mol. The van der Waals surface area contributed by atoms with E-state index < -0.39 is 0 Å². The highest BCUT2D eigenvalue weighted by Gasteiger charge is 2.08. The van der Waals surface area contributed by atoms with E-state index in [0.717, 1.165) is 11.1 Å². The van der Waals surface area contributed by atoms with Crippen LogP contribution in [0.15, 0.2) is 78.9 Å². The van der Waals surface area contributed by atoms with Crippen molar-refractivity contribution >= 4 is 29.3 Å². The summed E-state index contributed by atoms with van der Waals surface area (Å²) >= 11 is 0. The number of carbonyl (C=O) groups excluding carboxylic acids is 2. The summed E-state index contributed by atoms with van der Waals surface area (Å²) in [4.78, 5) is 24.5. The van der Waals surface area contributed by atoms with Gasteiger partial charge >= 0.3 is 0 Å². The van der Waals surface area contributed by atoms with E-state index in [9.17, 15) is 9.59 Å². The maximum atomic E-state index is 12.3. The number of hydrogen-bond acceptors (Lipinski definition) is 3. The second-order valence-electron chi connectivity index (χ2n) is 6.41. The predicted molar refractivity (Wildman–Crippen MR) is 116 cm³/mol. The highest BCUT2D eigenvalue weighted by molar-refractivity contribution is 6.05. The Labute approximate surface area is 170 Å². The van der Waals surface area contributed by atoms with E-state index in [1.807, 2.05) is 55.5 Å². The Balaban J connectivity index is 1.65. The van der Waals surface area contributed by atoms with E-state index in [2.05, 4.69) is 10.6 Å². The molecule has 0 saturated heterocycles. The van der Waals surface area contributed by atoms with Gasteiger partial charge in [0.2, 0.25) is 5.91 Å². The molecule has 2 amide bonds. The number of rotatable bonds is 6. The lowest BCUT2D eigenvalue weighted by Crippen LogP contribution is -2.13. The van der Waals surface area contributed by atoms with Crippen molar-refractivity contribution in [2.45, 2.75) is 6.92 Å². The number of benzene rings is 3. The third-order valence-corrected chi connectivity index (χ3v) is 4.33. The normalized spacial score (nSPS) is 10.6. The molecular formula is C24H22N2O3. The Bertz CT molecular complexity index is 1040. The molecule has 0 aliphatic carbocycles. The third kappa shape index (κ3) is 5.32. The van der Waals surface area contributed by atoms with Crippen molar-refractivity contribution in [3.05, 3.63) is 95.6 Å². The standard InChI is InChI=1S/C24H22N2O3/c1-17-16-20(13-14-21(17)26-24(28)19-9-4-3-5-10-19)25-23(27)15-12-18-8-6-7-11-22(18)29-2/h3-16H,1-2H3,(H,25,27)(H,26,28)/b15-12+. The Hall–Kier alpha value is -3.86. The van der Waals surface area contributed by atoms with Gasteiger partial charge in [0.1, 0.15) is 5.75 Å². The first-order chi connectivity index (χ1) is 14.1. The third-order valence-electron chi connectivity index (χ3n) is 4.33. The summed E-state index contributed by atoms with van der Waals surface area (Å²) in [5.74, 6) is 0.271. The minimum Gasteiger partial charge on any atom is -0.496 e. The number of anilines is 2. The van der Waals surface area contributed by atoms with Gasteiger partial charge in [0.05, 0.1) is 7.11 Å². The van der Waals surface area contributed by atoms with Gasteiger partial charge in [0.15, 0.2) is 0 Å². The van der Waals surface area contributed by atoms with Gasteiger partial charge in [-0.3, -0.25) is 9.59 Å². The summed E-state index contributed by atoms with van der Waals surface area (Å²) in [6, 6.07) is 21.8. The van der Waals surface area contributed by atoms with Gasteiger partial charge in [-0.05, 0) is 55.0 Å². The number of carbonyl (C=O) groups is 2. The average Bonchev–Trinajstić information content (AvgIpc) is 2.75. The zero-order valence-electron chi connectivity index (χ0n) is 16.3. The van der Waals surface area contributed by atoms with E-state index in [-0.39, 0.29) is 11.8 Å². The molecule has 5 heteroatoms. The maximum Gasteiger partial charge on any atom is 0.255 e. The Morgan fingerprint density at radius 3 is 2.34 bits per heavy atom. The van der Waals surface area contributed by atoms with Crippen LogP contribution in [0.5, 0.6) is 5.75 Å². The van der Waals surface area contributed by atoms with Crippen LogP contribution in [-0.2, 0) is 4.79 Å². The summed E-state index contributed by atoms with van der Waals surface area (Å²) in [6.07, 6.45) is 3.16. The predicted octanol–water partition coefficient (Wildman–Crippen LogP) is 4.91. The van der Waals surface area contributed by atoms with Crippen LogP contribution in [0.3, 0.4) is 0 Å². The molecule has 0 heterocycles. The molecule has 0 aromatic heterocycles. The quantitative estimate of drug-likeness (QED) is 0.592. The molecule has 29 heavy (non-hydrogen) atoms. The SMILES string of the molecule is COc1ccccc1/C=C/C(=O)Nc1ccc(NC(=O)c2ccccc2)c(C)c1. The van der Waals surface area contributed by atoms with Crippen molar-refractivity contribution < 1.29 is 14.3 Å². The van der Waals surface area contributed by atoms with Crippen LogP contribution in [0.25, 0.3) is 6.08 Å². The summed E-state index contributed by atoms with van der Waals surface area (Å²) in [5.41, 5.74) is 3.60. The molecule has 0 aliphatic rings. The fourth-order valence-corrected chi connectivity index (χ4v) is 2.82. The average molecular weight is 386 g/mol. The minimum absolute atomic E-state index is 0.176.